The van der Waals surface area contributed by atoms with E-state index in [4.69, 9.17) is 10.1 Å². The second-order valence-corrected chi connectivity index (χ2v) is 10.9. The van der Waals surface area contributed by atoms with E-state index in [1.54, 1.807) is 13.8 Å². The molecule has 0 aliphatic heterocycles. The third-order valence-corrected chi connectivity index (χ3v) is 8.30. The summed E-state index contributed by atoms with van der Waals surface area (Å²) in [6.07, 6.45) is 4.03. The number of benzene rings is 1. The van der Waals surface area contributed by atoms with E-state index in [0.29, 0.717) is 9.22 Å². The van der Waals surface area contributed by atoms with Gasteiger partial charge in [-0.25, -0.2) is 19.3 Å². The van der Waals surface area contributed by atoms with E-state index in [-0.39, 0.29) is 0 Å². The van der Waals surface area contributed by atoms with Crippen LogP contribution in [0, 0.1) is 0 Å². The first-order chi connectivity index (χ1) is 13.6. The fourth-order valence-corrected chi connectivity index (χ4v) is 5.95. The second-order valence-electron chi connectivity index (χ2n) is 7.83. The van der Waals surface area contributed by atoms with Crippen LogP contribution in [0.15, 0.2) is 39.0 Å². The van der Waals surface area contributed by atoms with Gasteiger partial charge in [0, 0.05) is 5.39 Å². The van der Waals surface area contributed by atoms with Crippen molar-refractivity contribution in [3.63, 3.8) is 0 Å². The molecule has 0 bridgehead atoms. The fourth-order valence-electron chi connectivity index (χ4n) is 3.62. The number of anilines is 1. The maximum absolute atomic E-state index is 13.0. The van der Waals surface area contributed by atoms with Gasteiger partial charge in [0.25, 0.3) is 0 Å². The number of aliphatic hydroxyl groups is 1. The summed E-state index contributed by atoms with van der Waals surface area (Å²) >= 11 is 1.12. The van der Waals surface area contributed by atoms with Gasteiger partial charge in [0.2, 0.25) is 0 Å². The minimum absolute atomic E-state index is 0.347. The molecule has 1 aliphatic carbocycles. The molecule has 4 rings (SSSR count). The van der Waals surface area contributed by atoms with Gasteiger partial charge in [0.15, 0.2) is 0 Å². The number of para-hydroxylation sites is 1. The minimum Gasteiger partial charge on any atom is -0.383 e. The fraction of sp³-hybridized carbons (Fsp3) is 0.400. The molecule has 0 saturated heterocycles. The average molecular weight is 432 g/mol. The molecule has 2 aromatic heterocycles. The van der Waals surface area contributed by atoms with E-state index in [2.05, 4.69) is 20.7 Å². The molecular weight excluding hydrogens is 406 g/mol. The Balaban J connectivity index is 1.65. The number of fused-ring (bicyclic) bond motifs is 3. The van der Waals surface area contributed by atoms with Gasteiger partial charge in [-0.05, 0) is 57.2 Å². The molecule has 2 heterocycles. The summed E-state index contributed by atoms with van der Waals surface area (Å²) in [6, 6.07) is 8.13. The number of hydrogen-bond donors (Lipinski definition) is 3. The lowest BCUT2D eigenvalue weighted by molar-refractivity contribution is 0.0783. The Labute approximate surface area is 174 Å². The molecule has 7 nitrogen and oxygen atoms in total. The molecule has 0 amide bonds. The Bertz CT molecular complexity index is 1190. The van der Waals surface area contributed by atoms with E-state index in [1.165, 1.54) is 22.7 Å². The van der Waals surface area contributed by atoms with Crippen molar-refractivity contribution in [3.05, 3.63) is 46.6 Å². The summed E-state index contributed by atoms with van der Waals surface area (Å²) in [5.41, 5.74) is 2.36. The second kappa shape index (κ2) is 7.32. The zero-order chi connectivity index (χ0) is 20.8. The number of nitrogens with zero attached hydrogens (tertiary/aromatic N) is 3. The summed E-state index contributed by atoms with van der Waals surface area (Å²) < 4.78 is 17.7. The molecule has 2 unspecified atom stereocenters. The summed E-state index contributed by atoms with van der Waals surface area (Å²) in [5, 5.41) is 21.1. The highest BCUT2D eigenvalue weighted by atomic mass is 32.2. The summed E-state index contributed by atoms with van der Waals surface area (Å²) in [4.78, 5) is 8.92. The van der Waals surface area contributed by atoms with Crippen LogP contribution in [0.4, 0.5) is 5.82 Å². The van der Waals surface area contributed by atoms with Gasteiger partial charge in [0.05, 0.1) is 11.7 Å². The summed E-state index contributed by atoms with van der Waals surface area (Å²) in [6.45, 7) is 5.06. The molecule has 0 radical (unpaired) electrons. The van der Waals surface area contributed by atoms with Gasteiger partial charge in [0.1, 0.15) is 36.7 Å². The molecule has 3 aromatic rings. The van der Waals surface area contributed by atoms with Gasteiger partial charge < -0.3 is 10.4 Å². The molecule has 1 aromatic carbocycles. The zero-order valence-corrected chi connectivity index (χ0v) is 18.3. The van der Waals surface area contributed by atoms with Gasteiger partial charge in [-0.3, -0.25) is 0 Å². The minimum atomic E-state index is -3.15. The van der Waals surface area contributed by atoms with E-state index < -0.39 is 21.7 Å². The van der Waals surface area contributed by atoms with Gasteiger partial charge >= 0.3 is 0 Å². The number of nitrogens with two attached hydrogens (primary N) is 1. The van der Waals surface area contributed by atoms with Gasteiger partial charge in [-0.15, -0.1) is 11.3 Å². The quantitative estimate of drug-likeness (QED) is 0.571. The van der Waals surface area contributed by atoms with Gasteiger partial charge in [-0.1, -0.05) is 18.2 Å². The van der Waals surface area contributed by atoms with Gasteiger partial charge in [-0.2, -0.15) is 4.36 Å². The Hall–Kier alpha value is -2.07. The average Bonchev–Trinajstić information content (AvgIpc) is 3.31. The Kier molecular flexibility index (Phi) is 5.10. The Morgan fingerprint density at radius 3 is 2.76 bits per heavy atom. The first-order valence-electron chi connectivity index (χ1n) is 9.55. The standard InChI is InChI=1S/C20H25N5O2S2/c1-12(25-29(21,27)17-11-22-19(28-17)20(2,3)26)23-18-15-9-6-8-13(15)14-7-4-5-10-16(14)24-18/h4-5,7,10-12,26H,6,8-9H2,1-3H3,(H,23,24)(H2,21,25,27). The predicted octanol–water partition coefficient (Wildman–Crippen LogP) is 3.57. The van der Waals surface area contributed by atoms with Crippen molar-refractivity contribution in [3.8, 4) is 0 Å². The van der Waals surface area contributed by atoms with Crippen LogP contribution in [0.2, 0.25) is 0 Å². The topological polar surface area (TPSA) is 113 Å². The first-order valence-corrected chi connectivity index (χ1v) is 11.9. The Morgan fingerprint density at radius 1 is 1.31 bits per heavy atom. The molecule has 154 valence electrons. The summed E-state index contributed by atoms with van der Waals surface area (Å²) in [5.74, 6) is 0.782. The lowest BCUT2D eigenvalue weighted by Gasteiger charge is -2.16. The number of hydrogen-bond acceptors (Lipinski definition) is 7. The number of nitrogens with one attached hydrogen (secondary N) is 1. The van der Waals surface area contributed by atoms with Crippen LogP contribution >= 0.6 is 11.3 Å². The van der Waals surface area contributed by atoms with E-state index in [1.807, 2.05) is 25.1 Å². The van der Waals surface area contributed by atoms with E-state index in [9.17, 15) is 9.32 Å². The molecule has 1 aliphatic rings. The van der Waals surface area contributed by atoms with Crippen LogP contribution in [0.3, 0.4) is 0 Å². The molecule has 4 N–H and O–H groups in total. The maximum Gasteiger partial charge on any atom is 0.148 e. The van der Waals surface area contributed by atoms with Crippen molar-refractivity contribution < 1.29 is 9.32 Å². The smallest absolute Gasteiger partial charge is 0.148 e. The number of aromatic nitrogens is 2. The monoisotopic (exact) mass is 431 g/mol. The van der Waals surface area contributed by atoms with E-state index in [0.717, 1.165) is 41.9 Å². The molecular formula is C20H25N5O2S2. The predicted molar refractivity (Wildman–Crippen MR) is 117 cm³/mol. The maximum atomic E-state index is 13.0. The third kappa shape index (κ3) is 4.00. The molecule has 9 heteroatoms. The molecule has 2 atom stereocenters. The highest BCUT2D eigenvalue weighted by Gasteiger charge is 2.24. The molecule has 0 spiro atoms. The number of pyridine rings is 1. The normalized spacial score (nSPS) is 17.0. The van der Waals surface area contributed by atoms with Crippen molar-refractivity contribution in [1.82, 2.24) is 9.97 Å². The molecule has 0 fully saturated rings. The lowest BCUT2D eigenvalue weighted by atomic mass is 10.0. The summed E-state index contributed by atoms with van der Waals surface area (Å²) in [7, 11) is -3.15. The van der Waals surface area contributed by atoms with Crippen LogP contribution in [0.1, 0.15) is 43.3 Å². The third-order valence-electron chi connectivity index (χ3n) is 4.92. The van der Waals surface area contributed by atoms with E-state index >= 15 is 0 Å². The van der Waals surface area contributed by atoms with Crippen LogP contribution in [0.5, 0.6) is 0 Å². The highest BCUT2D eigenvalue weighted by molar-refractivity contribution is 7.93. The number of aryl methyl sites for hydroxylation is 1. The van der Waals surface area contributed by atoms with Crippen molar-refractivity contribution in [1.29, 1.82) is 0 Å². The first kappa shape index (κ1) is 20.2. The van der Waals surface area contributed by atoms with Crippen LogP contribution in [-0.2, 0) is 28.4 Å². The Morgan fingerprint density at radius 2 is 2.03 bits per heavy atom. The zero-order valence-electron chi connectivity index (χ0n) is 16.7. The lowest BCUT2D eigenvalue weighted by Crippen LogP contribution is -2.21. The molecule has 29 heavy (non-hydrogen) atoms. The van der Waals surface area contributed by atoms with Crippen molar-refractivity contribution in [2.75, 3.05) is 5.32 Å². The number of thiazole rings is 1. The highest BCUT2D eigenvalue weighted by Crippen LogP contribution is 2.34. The van der Waals surface area contributed by atoms with Crippen LogP contribution < -0.4 is 10.5 Å². The SMILES string of the molecule is CC(N=S(N)(=O)c1cnc(C(C)(C)O)s1)Nc1nc2ccccc2c2c1CCC2. The number of rotatable bonds is 5. The van der Waals surface area contributed by atoms with Crippen molar-refractivity contribution >= 4 is 38.0 Å². The molecule has 0 saturated carbocycles. The van der Waals surface area contributed by atoms with Crippen molar-refractivity contribution in [2.45, 2.75) is 56.0 Å². The van der Waals surface area contributed by atoms with Crippen LogP contribution in [-0.4, -0.2) is 25.4 Å². The van der Waals surface area contributed by atoms with Crippen molar-refractivity contribution in [2.24, 2.45) is 9.50 Å². The van der Waals surface area contributed by atoms with Crippen LogP contribution in [0.25, 0.3) is 10.9 Å². The largest absolute Gasteiger partial charge is 0.383 e.